The molecule has 2 aromatic carbocycles. The Bertz CT molecular complexity index is 1370. The molecule has 3 aromatic rings. The van der Waals surface area contributed by atoms with Crippen molar-refractivity contribution in [3.63, 3.8) is 0 Å². The number of rotatable bonds is 5. The Kier molecular flexibility index (Phi) is 9.87. The number of aromatic nitrogens is 2. The van der Waals surface area contributed by atoms with Gasteiger partial charge < -0.3 is 25.0 Å². The van der Waals surface area contributed by atoms with Gasteiger partial charge in [0.15, 0.2) is 11.5 Å². The maximum absolute atomic E-state index is 14.6. The molecule has 0 amide bonds. The summed E-state index contributed by atoms with van der Waals surface area (Å²) in [6.07, 6.45) is 4.26. The molecule has 0 saturated carbocycles. The van der Waals surface area contributed by atoms with Gasteiger partial charge >= 0.3 is 0 Å². The highest BCUT2D eigenvalue weighted by Crippen LogP contribution is 2.36. The summed E-state index contributed by atoms with van der Waals surface area (Å²) in [5.41, 5.74) is 1.96. The third kappa shape index (κ3) is 7.43. The zero-order valence-electron chi connectivity index (χ0n) is 23.7. The third-order valence-corrected chi connectivity index (χ3v) is 8.10. The van der Waals surface area contributed by atoms with Crippen LogP contribution in [0.4, 0.5) is 15.9 Å². The van der Waals surface area contributed by atoms with Gasteiger partial charge in [-0.25, -0.2) is 14.4 Å². The van der Waals surface area contributed by atoms with Crippen LogP contribution in [0.2, 0.25) is 5.02 Å². The SMILES string of the molecule is C[C@H]1C(=O)CCCCOc2cc3c(ncnc3cc2OCCCN2CCNCC2)Nc2cc(Cl)c(F)cc2CN1C. The third-order valence-electron chi connectivity index (χ3n) is 7.81. The smallest absolute Gasteiger partial charge is 0.163 e. The highest BCUT2D eigenvalue weighted by Gasteiger charge is 2.21. The molecule has 1 atom stereocenters. The highest BCUT2D eigenvalue weighted by atomic mass is 35.5. The minimum Gasteiger partial charge on any atom is -0.490 e. The second-order valence-corrected chi connectivity index (χ2v) is 11.2. The first-order valence-corrected chi connectivity index (χ1v) is 14.7. The predicted octanol–water partition coefficient (Wildman–Crippen LogP) is 4.79. The lowest BCUT2D eigenvalue weighted by molar-refractivity contribution is -0.123. The van der Waals surface area contributed by atoms with E-state index in [0.29, 0.717) is 66.7 Å². The van der Waals surface area contributed by atoms with Crippen molar-refractivity contribution in [1.82, 2.24) is 25.1 Å². The number of nitrogens with one attached hydrogen (secondary N) is 2. The van der Waals surface area contributed by atoms with E-state index in [1.807, 2.05) is 31.0 Å². The minimum absolute atomic E-state index is 0.00341. The van der Waals surface area contributed by atoms with Gasteiger partial charge in [-0.3, -0.25) is 9.69 Å². The molecular formula is C30H38ClFN6O3. The van der Waals surface area contributed by atoms with Gasteiger partial charge in [0.2, 0.25) is 0 Å². The zero-order chi connectivity index (χ0) is 28.8. The monoisotopic (exact) mass is 584 g/mol. The van der Waals surface area contributed by atoms with Crippen LogP contribution in [0.3, 0.4) is 0 Å². The van der Waals surface area contributed by atoms with Crippen molar-refractivity contribution in [2.75, 3.05) is 58.3 Å². The summed E-state index contributed by atoms with van der Waals surface area (Å²) in [7, 11) is 1.86. The molecule has 0 unspecified atom stereocenters. The molecule has 2 N–H and O–H groups in total. The van der Waals surface area contributed by atoms with Gasteiger partial charge in [0.25, 0.3) is 0 Å². The van der Waals surface area contributed by atoms with E-state index in [-0.39, 0.29) is 16.8 Å². The normalized spacial score (nSPS) is 19.5. The van der Waals surface area contributed by atoms with Crippen molar-refractivity contribution in [3.05, 3.63) is 47.0 Å². The van der Waals surface area contributed by atoms with E-state index in [9.17, 15) is 9.18 Å². The summed E-state index contributed by atoms with van der Waals surface area (Å²) >= 11 is 6.19. The Balaban J connectivity index is 1.45. The van der Waals surface area contributed by atoms with E-state index >= 15 is 0 Å². The highest BCUT2D eigenvalue weighted by molar-refractivity contribution is 6.31. The molecule has 2 bridgehead atoms. The molecule has 11 heteroatoms. The number of halogens is 2. The first-order valence-electron chi connectivity index (χ1n) is 14.3. The molecular weight excluding hydrogens is 547 g/mol. The number of Topliss-reactive ketones (excluding diaryl/α,β-unsaturated/α-hetero) is 1. The zero-order valence-corrected chi connectivity index (χ0v) is 24.5. The summed E-state index contributed by atoms with van der Waals surface area (Å²) in [5, 5.41) is 7.46. The van der Waals surface area contributed by atoms with E-state index in [0.717, 1.165) is 51.0 Å². The summed E-state index contributed by atoms with van der Waals surface area (Å²) in [4.78, 5) is 26.2. The predicted molar refractivity (Wildman–Crippen MR) is 159 cm³/mol. The van der Waals surface area contributed by atoms with Gasteiger partial charge in [0, 0.05) is 62.8 Å². The molecule has 1 saturated heterocycles. The van der Waals surface area contributed by atoms with E-state index in [4.69, 9.17) is 21.1 Å². The first kappa shape index (κ1) is 29.4. The number of piperazine rings is 1. The molecule has 0 spiro atoms. The van der Waals surface area contributed by atoms with Crippen molar-refractivity contribution in [2.24, 2.45) is 0 Å². The quantitative estimate of drug-likeness (QED) is 0.411. The van der Waals surface area contributed by atoms with E-state index in [1.165, 1.54) is 12.4 Å². The number of likely N-dealkylation sites (N-methyl/N-ethyl adjacent to an activating group) is 1. The molecule has 220 valence electrons. The van der Waals surface area contributed by atoms with Gasteiger partial charge in [0.05, 0.1) is 29.8 Å². The fourth-order valence-corrected chi connectivity index (χ4v) is 5.36. The molecule has 1 aromatic heterocycles. The number of anilines is 2. The van der Waals surface area contributed by atoms with Crippen molar-refractivity contribution in [1.29, 1.82) is 0 Å². The van der Waals surface area contributed by atoms with Gasteiger partial charge in [-0.15, -0.1) is 0 Å². The van der Waals surface area contributed by atoms with Gasteiger partial charge in [-0.05, 0) is 57.0 Å². The second kappa shape index (κ2) is 13.7. The van der Waals surface area contributed by atoms with E-state index in [2.05, 4.69) is 25.5 Å². The average Bonchev–Trinajstić information content (AvgIpc) is 2.97. The van der Waals surface area contributed by atoms with Crippen LogP contribution in [-0.4, -0.2) is 84.6 Å². The Morgan fingerprint density at radius 3 is 2.83 bits per heavy atom. The van der Waals surface area contributed by atoms with Crippen LogP contribution in [0.25, 0.3) is 10.9 Å². The number of ether oxygens (including phenoxy) is 2. The molecule has 5 rings (SSSR count). The number of carbonyl (C=O) groups excluding carboxylic acids is 1. The molecule has 1 fully saturated rings. The van der Waals surface area contributed by atoms with Crippen LogP contribution >= 0.6 is 11.6 Å². The van der Waals surface area contributed by atoms with Crippen LogP contribution in [0, 0.1) is 5.82 Å². The Morgan fingerprint density at radius 2 is 2.00 bits per heavy atom. The standard InChI is InChI=1S/C30H38ClFN6O3/c1-20-27(39)6-3-4-12-40-28-15-22-26(17-29(28)41-13-5-9-38-10-7-33-8-11-38)34-19-35-30(22)36-25-16-23(31)24(32)14-21(25)18-37(20)2/h14-17,19-20,33H,3-13,18H2,1-2H3,(H,34,35,36)/t20-/m0/s1. The Morgan fingerprint density at radius 1 is 1.17 bits per heavy atom. The van der Waals surface area contributed by atoms with Gasteiger partial charge in [-0.2, -0.15) is 0 Å². The topological polar surface area (TPSA) is 91.8 Å². The number of carbonyl (C=O) groups is 1. The Hall–Kier alpha value is -3.05. The molecule has 0 radical (unpaired) electrons. The molecule has 3 heterocycles. The van der Waals surface area contributed by atoms with Crippen LogP contribution in [0.15, 0.2) is 30.6 Å². The summed E-state index contributed by atoms with van der Waals surface area (Å²) in [5.74, 6) is 1.38. The number of hydrogen-bond acceptors (Lipinski definition) is 9. The maximum Gasteiger partial charge on any atom is 0.163 e. The van der Waals surface area contributed by atoms with Crippen molar-refractivity contribution in [2.45, 2.75) is 45.2 Å². The second-order valence-electron chi connectivity index (χ2n) is 10.7. The van der Waals surface area contributed by atoms with Crippen LogP contribution in [-0.2, 0) is 11.3 Å². The lowest BCUT2D eigenvalue weighted by Crippen LogP contribution is -2.43. The number of fused-ring (bicyclic) bond motifs is 2. The number of ketones is 1. The van der Waals surface area contributed by atoms with Gasteiger partial charge in [0.1, 0.15) is 23.7 Å². The number of benzene rings is 2. The van der Waals surface area contributed by atoms with Crippen molar-refractivity contribution in [3.8, 4) is 11.5 Å². The summed E-state index contributed by atoms with van der Waals surface area (Å²) in [6.45, 7) is 8.36. The maximum atomic E-state index is 14.6. The van der Waals surface area contributed by atoms with Crippen molar-refractivity contribution < 1.29 is 18.7 Å². The fraction of sp³-hybridized carbons (Fsp3) is 0.500. The molecule has 2 aliphatic rings. The van der Waals surface area contributed by atoms with Crippen LogP contribution in [0.5, 0.6) is 11.5 Å². The number of nitrogens with zero attached hydrogens (tertiary/aromatic N) is 4. The number of hydrogen-bond donors (Lipinski definition) is 2. The molecule has 41 heavy (non-hydrogen) atoms. The van der Waals surface area contributed by atoms with E-state index in [1.54, 1.807) is 6.07 Å². The largest absolute Gasteiger partial charge is 0.490 e. The summed E-state index contributed by atoms with van der Waals surface area (Å²) in [6, 6.07) is 6.40. The van der Waals surface area contributed by atoms with E-state index < -0.39 is 5.82 Å². The molecule has 2 aliphatic heterocycles. The molecule has 0 aliphatic carbocycles. The van der Waals surface area contributed by atoms with Crippen LogP contribution < -0.4 is 20.1 Å². The first-order chi connectivity index (χ1) is 19.9. The Labute approximate surface area is 245 Å². The van der Waals surface area contributed by atoms with Gasteiger partial charge in [-0.1, -0.05) is 11.6 Å². The lowest BCUT2D eigenvalue weighted by Gasteiger charge is -2.27. The molecule has 9 nitrogen and oxygen atoms in total. The fourth-order valence-electron chi connectivity index (χ4n) is 5.20. The van der Waals surface area contributed by atoms with Crippen LogP contribution in [0.1, 0.15) is 38.2 Å². The minimum atomic E-state index is -0.518. The summed E-state index contributed by atoms with van der Waals surface area (Å²) < 4.78 is 27.0. The lowest BCUT2D eigenvalue weighted by atomic mass is 10.1. The van der Waals surface area contributed by atoms with Crippen molar-refractivity contribution >= 4 is 39.8 Å². The average molecular weight is 585 g/mol.